The highest BCUT2D eigenvalue weighted by molar-refractivity contribution is 5.89. The number of benzene rings is 1. The van der Waals surface area contributed by atoms with Gasteiger partial charge in [0.25, 0.3) is 0 Å². The van der Waals surface area contributed by atoms with E-state index in [-0.39, 0.29) is 6.03 Å². The van der Waals surface area contributed by atoms with Gasteiger partial charge in [0.15, 0.2) is 0 Å². The predicted octanol–water partition coefficient (Wildman–Crippen LogP) is 3.14. The largest absolute Gasteiger partial charge is 0.324 e. The summed E-state index contributed by atoms with van der Waals surface area (Å²) >= 11 is 0. The molecule has 1 saturated heterocycles. The first-order valence-corrected chi connectivity index (χ1v) is 7.38. The Morgan fingerprint density at radius 1 is 1.38 bits per heavy atom. The second-order valence-corrected chi connectivity index (χ2v) is 5.62. The molecule has 0 radical (unpaired) electrons. The lowest BCUT2D eigenvalue weighted by molar-refractivity contribution is 0.182. The van der Waals surface area contributed by atoms with Gasteiger partial charge in [-0.05, 0) is 43.0 Å². The summed E-state index contributed by atoms with van der Waals surface area (Å²) in [5.74, 6) is 0.583. The number of carbonyl (C=O) groups excluding carboxylic acids is 1. The number of likely N-dealkylation sites (tertiary alicyclic amines) is 1. The van der Waals surface area contributed by atoms with Gasteiger partial charge in [-0.15, -0.1) is 0 Å². The summed E-state index contributed by atoms with van der Waals surface area (Å²) in [6, 6.07) is 9.58. The molecule has 21 heavy (non-hydrogen) atoms. The minimum Gasteiger partial charge on any atom is -0.324 e. The predicted molar refractivity (Wildman–Crippen MR) is 82.6 cm³/mol. The fourth-order valence-electron chi connectivity index (χ4n) is 2.72. The van der Waals surface area contributed by atoms with E-state index in [0.717, 1.165) is 30.9 Å². The van der Waals surface area contributed by atoms with Gasteiger partial charge in [0.1, 0.15) is 0 Å². The van der Waals surface area contributed by atoms with E-state index in [1.54, 1.807) is 10.9 Å². The van der Waals surface area contributed by atoms with Crippen LogP contribution >= 0.6 is 0 Å². The van der Waals surface area contributed by atoms with Crippen LogP contribution < -0.4 is 5.32 Å². The number of carbonyl (C=O) groups is 1. The molecule has 1 N–H and O–H groups in total. The standard InChI is InChI=1S/C16H20N4O/c1-13-5-3-9-19(12-13)16(21)18-14-6-2-7-15(11-14)20-10-4-8-17-20/h2,4,6-8,10-11,13H,3,5,9,12H2,1H3,(H,18,21)/t13-/m0/s1. The lowest BCUT2D eigenvalue weighted by atomic mass is 10.0. The summed E-state index contributed by atoms with van der Waals surface area (Å²) in [5, 5.41) is 7.18. The normalized spacial score (nSPS) is 18.5. The maximum atomic E-state index is 12.3. The van der Waals surface area contributed by atoms with Crippen molar-refractivity contribution in [3.05, 3.63) is 42.7 Å². The molecule has 1 aromatic carbocycles. The molecule has 5 nitrogen and oxygen atoms in total. The number of amides is 2. The number of hydrogen-bond acceptors (Lipinski definition) is 2. The molecule has 0 bridgehead atoms. The maximum absolute atomic E-state index is 12.3. The molecule has 5 heteroatoms. The zero-order chi connectivity index (χ0) is 14.7. The summed E-state index contributed by atoms with van der Waals surface area (Å²) < 4.78 is 1.78. The second kappa shape index (κ2) is 5.99. The van der Waals surface area contributed by atoms with E-state index >= 15 is 0 Å². The molecule has 1 aliphatic rings. The van der Waals surface area contributed by atoms with Crippen LogP contribution in [0.1, 0.15) is 19.8 Å². The van der Waals surface area contributed by atoms with Crippen LogP contribution in [0.4, 0.5) is 10.5 Å². The molecule has 2 amide bonds. The van der Waals surface area contributed by atoms with Gasteiger partial charge in [0.2, 0.25) is 0 Å². The molecule has 3 rings (SSSR count). The average Bonchev–Trinajstić information content (AvgIpc) is 3.02. The highest BCUT2D eigenvalue weighted by Gasteiger charge is 2.20. The Labute approximate surface area is 124 Å². The first-order valence-electron chi connectivity index (χ1n) is 7.38. The number of hydrogen-bond donors (Lipinski definition) is 1. The molecular formula is C16H20N4O. The van der Waals surface area contributed by atoms with E-state index in [1.165, 1.54) is 6.42 Å². The monoisotopic (exact) mass is 284 g/mol. The molecule has 1 atom stereocenters. The topological polar surface area (TPSA) is 50.2 Å². The Bertz CT molecular complexity index is 608. The van der Waals surface area contributed by atoms with E-state index in [9.17, 15) is 4.79 Å². The van der Waals surface area contributed by atoms with Crippen LogP contribution in [0, 0.1) is 5.92 Å². The molecule has 0 spiro atoms. The lowest BCUT2D eigenvalue weighted by Crippen LogP contribution is -2.41. The van der Waals surface area contributed by atoms with Gasteiger partial charge in [-0.25, -0.2) is 9.48 Å². The Morgan fingerprint density at radius 3 is 3.05 bits per heavy atom. The van der Waals surface area contributed by atoms with Gasteiger partial charge < -0.3 is 10.2 Å². The SMILES string of the molecule is C[C@H]1CCCN(C(=O)Nc2cccc(-n3cccn3)c2)C1. The van der Waals surface area contributed by atoms with Gasteiger partial charge in [-0.3, -0.25) is 0 Å². The molecule has 2 aromatic rings. The number of nitrogens with one attached hydrogen (secondary N) is 1. The summed E-state index contributed by atoms with van der Waals surface area (Å²) in [7, 11) is 0. The Morgan fingerprint density at radius 2 is 2.29 bits per heavy atom. The Kier molecular flexibility index (Phi) is 3.90. The van der Waals surface area contributed by atoms with Crippen molar-refractivity contribution >= 4 is 11.7 Å². The van der Waals surface area contributed by atoms with Crippen LogP contribution in [0.2, 0.25) is 0 Å². The van der Waals surface area contributed by atoms with Crippen LogP contribution in [-0.4, -0.2) is 33.8 Å². The Balaban J connectivity index is 1.70. The zero-order valence-electron chi connectivity index (χ0n) is 12.2. The molecule has 1 aromatic heterocycles. The van der Waals surface area contributed by atoms with Crippen molar-refractivity contribution in [2.45, 2.75) is 19.8 Å². The fourth-order valence-corrected chi connectivity index (χ4v) is 2.72. The quantitative estimate of drug-likeness (QED) is 0.921. The van der Waals surface area contributed by atoms with Gasteiger partial charge in [0, 0.05) is 31.2 Å². The fraction of sp³-hybridized carbons (Fsp3) is 0.375. The second-order valence-electron chi connectivity index (χ2n) is 5.62. The van der Waals surface area contributed by atoms with Crippen LogP contribution in [0.15, 0.2) is 42.7 Å². The number of anilines is 1. The van der Waals surface area contributed by atoms with Gasteiger partial charge in [0.05, 0.1) is 5.69 Å². The third-order valence-electron chi connectivity index (χ3n) is 3.81. The first kappa shape index (κ1) is 13.7. The molecule has 1 aliphatic heterocycles. The highest BCUT2D eigenvalue weighted by Crippen LogP contribution is 2.18. The van der Waals surface area contributed by atoms with Crippen molar-refractivity contribution in [2.75, 3.05) is 18.4 Å². The molecule has 110 valence electrons. The first-order chi connectivity index (χ1) is 10.2. The highest BCUT2D eigenvalue weighted by atomic mass is 16.2. The van der Waals surface area contributed by atoms with Crippen molar-refractivity contribution in [1.29, 1.82) is 0 Å². The summed E-state index contributed by atoms with van der Waals surface area (Å²) in [6.45, 7) is 3.87. The maximum Gasteiger partial charge on any atom is 0.321 e. The molecule has 2 heterocycles. The van der Waals surface area contributed by atoms with E-state index in [0.29, 0.717) is 5.92 Å². The van der Waals surface area contributed by atoms with Gasteiger partial charge >= 0.3 is 6.03 Å². The summed E-state index contributed by atoms with van der Waals surface area (Å²) in [5.41, 5.74) is 1.73. The van der Waals surface area contributed by atoms with E-state index in [2.05, 4.69) is 17.3 Å². The van der Waals surface area contributed by atoms with E-state index in [4.69, 9.17) is 0 Å². The number of piperidine rings is 1. The number of rotatable bonds is 2. The van der Waals surface area contributed by atoms with Crippen LogP contribution in [0.5, 0.6) is 0 Å². The summed E-state index contributed by atoms with van der Waals surface area (Å²) in [4.78, 5) is 14.2. The van der Waals surface area contributed by atoms with Crippen LogP contribution in [0.25, 0.3) is 5.69 Å². The smallest absolute Gasteiger partial charge is 0.321 e. The lowest BCUT2D eigenvalue weighted by Gasteiger charge is -2.30. The minimum atomic E-state index is -0.0147. The van der Waals surface area contributed by atoms with Gasteiger partial charge in [-0.2, -0.15) is 5.10 Å². The molecule has 0 aliphatic carbocycles. The van der Waals surface area contributed by atoms with Crippen LogP contribution in [-0.2, 0) is 0 Å². The van der Waals surface area contributed by atoms with Crippen molar-refractivity contribution in [3.8, 4) is 5.69 Å². The minimum absolute atomic E-state index is 0.0147. The number of nitrogens with zero attached hydrogens (tertiary/aromatic N) is 3. The van der Waals surface area contributed by atoms with Crippen molar-refractivity contribution < 1.29 is 4.79 Å². The van der Waals surface area contributed by atoms with Crippen molar-refractivity contribution in [2.24, 2.45) is 5.92 Å². The molecule has 0 saturated carbocycles. The average molecular weight is 284 g/mol. The Hall–Kier alpha value is -2.30. The zero-order valence-corrected chi connectivity index (χ0v) is 12.2. The van der Waals surface area contributed by atoms with Crippen molar-refractivity contribution in [3.63, 3.8) is 0 Å². The van der Waals surface area contributed by atoms with Crippen molar-refractivity contribution in [1.82, 2.24) is 14.7 Å². The molecule has 1 fully saturated rings. The third-order valence-corrected chi connectivity index (χ3v) is 3.81. The van der Waals surface area contributed by atoms with Crippen LogP contribution in [0.3, 0.4) is 0 Å². The number of urea groups is 1. The number of aromatic nitrogens is 2. The van der Waals surface area contributed by atoms with Gasteiger partial charge in [-0.1, -0.05) is 13.0 Å². The molecular weight excluding hydrogens is 264 g/mol. The molecule has 0 unspecified atom stereocenters. The summed E-state index contributed by atoms with van der Waals surface area (Å²) in [6.07, 6.45) is 5.91. The van der Waals surface area contributed by atoms with E-state index < -0.39 is 0 Å². The van der Waals surface area contributed by atoms with E-state index in [1.807, 2.05) is 41.4 Å². The third kappa shape index (κ3) is 3.24.